The second kappa shape index (κ2) is 6.95. The van der Waals surface area contributed by atoms with Gasteiger partial charge < -0.3 is 14.6 Å². The number of aromatic nitrogens is 1. The van der Waals surface area contributed by atoms with Gasteiger partial charge >= 0.3 is 0 Å². The predicted octanol–water partition coefficient (Wildman–Crippen LogP) is 2.96. The minimum absolute atomic E-state index is 0.120. The number of amides is 1. The summed E-state index contributed by atoms with van der Waals surface area (Å²) in [4.78, 5) is 15.9. The molecule has 5 rings (SSSR count). The summed E-state index contributed by atoms with van der Waals surface area (Å²) in [6.07, 6.45) is 5.31. The van der Waals surface area contributed by atoms with Crippen LogP contribution in [0.1, 0.15) is 48.7 Å². The number of ether oxygens (including phenoxy) is 1. The molecule has 5 nitrogen and oxygen atoms in total. The van der Waals surface area contributed by atoms with Crippen molar-refractivity contribution >= 4 is 16.8 Å². The number of benzene rings is 1. The largest absolute Gasteiger partial charge is 0.378 e. The number of hydrogen-bond donors (Lipinski definition) is 1. The van der Waals surface area contributed by atoms with Crippen LogP contribution in [0.3, 0.4) is 0 Å². The standard InChI is InChI=1S/C22H29N3O2/c1-2-9-24-16-11-15(12-17(24)14-27-13-16)23-22(26)21-18-6-3-4-7-19(18)25-10-5-8-20(21)25/h3-4,6-7,15-17H,2,5,8-14H2,1H3,(H,23,26). The van der Waals surface area contributed by atoms with Crippen LogP contribution in [-0.4, -0.2) is 53.3 Å². The van der Waals surface area contributed by atoms with E-state index in [1.165, 1.54) is 17.6 Å². The van der Waals surface area contributed by atoms with Crippen molar-refractivity contribution in [3.05, 3.63) is 35.5 Å². The molecule has 3 aliphatic rings. The number of nitrogens with one attached hydrogen (secondary N) is 1. The number of rotatable bonds is 4. The molecule has 2 bridgehead atoms. The average Bonchev–Trinajstić information content (AvgIpc) is 3.23. The fourth-order valence-electron chi connectivity index (χ4n) is 5.52. The summed E-state index contributed by atoms with van der Waals surface area (Å²) in [6, 6.07) is 9.49. The smallest absolute Gasteiger partial charge is 0.253 e. The van der Waals surface area contributed by atoms with Gasteiger partial charge in [0.25, 0.3) is 5.91 Å². The van der Waals surface area contributed by atoms with Crippen LogP contribution >= 0.6 is 0 Å². The molecule has 1 N–H and O–H groups in total. The fourth-order valence-corrected chi connectivity index (χ4v) is 5.52. The molecule has 0 saturated carbocycles. The molecule has 2 unspecified atom stereocenters. The highest BCUT2D eigenvalue weighted by Gasteiger charge is 2.39. The van der Waals surface area contributed by atoms with Crippen molar-refractivity contribution in [2.24, 2.45) is 0 Å². The third-order valence-electron chi connectivity index (χ3n) is 6.59. The minimum atomic E-state index is 0.120. The molecule has 1 aromatic heterocycles. The van der Waals surface area contributed by atoms with Crippen molar-refractivity contribution in [2.45, 2.75) is 63.7 Å². The number of nitrogens with zero attached hydrogens (tertiary/aromatic N) is 2. The summed E-state index contributed by atoms with van der Waals surface area (Å²) in [6.45, 7) is 6.00. The van der Waals surface area contributed by atoms with Crippen molar-refractivity contribution < 1.29 is 9.53 Å². The Bertz CT molecular complexity index is 845. The number of fused-ring (bicyclic) bond motifs is 5. The molecule has 2 atom stereocenters. The Kier molecular flexibility index (Phi) is 4.44. The third kappa shape index (κ3) is 2.88. The molecule has 2 aromatic rings. The van der Waals surface area contributed by atoms with E-state index in [0.29, 0.717) is 12.1 Å². The second-order valence-corrected chi connectivity index (χ2v) is 8.32. The number of aryl methyl sites for hydroxylation is 1. The van der Waals surface area contributed by atoms with Crippen molar-refractivity contribution in [2.75, 3.05) is 19.8 Å². The summed E-state index contributed by atoms with van der Waals surface area (Å²) < 4.78 is 8.14. The van der Waals surface area contributed by atoms with E-state index in [2.05, 4.69) is 39.9 Å². The molecule has 27 heavy (non-hydrogen) atoms. The first-order chi connectivity index (χ1) is 13.3. The van der Waals surface area contributed by atoms with Crippen molar-refractivity contribution in [1.82, 2.24) is 14.8 Å². The first kappa shape index (κ1) is 17.3. The Morgan fingerprint density at radius 2 is 2.00 bits per heavy atom. The van der Waals surface area contributed by atoms with E-state index in [9.17, 15) is 4.79 Å². The molecule has 144 valence electrons. The predicted molar refractivity (Wildman–Crippen MR) is 106 cm³/mol. The van der Waals surface area contributed by atoms with E-state index in [1.54, 1.807) is 0 Å². The Morgan fingerprint density at radius 3 is 2.78 bits per heavy atom. The summed E-state index contributed by atoms with van der Waals surface area (Å²) in [5, 5.41) is 4.51. The SMILES string of the molecule is CCCN1C2COCC1CC(NC(=O)c1c3n(c4ccccc14)CCC3)C2. The number of morpholine rings is 1. The molecule has 1 amide bonds. The lowest BCUT2D eigenvalue weighted by Gasteiger charge is -2.48. The first-order valence-electron chi connectivity index (χ1n) is 10.5. The molecule has 0 spiro atoms. The Hall–Kier alpha value is -1.85. The van der Waals surface area contributed by atoms with Gasteiger partial charge in [-0.05, 0) is 44.7 Å². The monoisotopic (exact) mass is 367 g/mol. The zero-order valence-electron chi connectivity index (χ0n) is 16.1. The number of piperidine rings is 1. The Morgan fingerprint density at radius 1 is 1.22 bits per heavy atom. The van der Waals surface area contributed by atoms with Crippen LogP contribution in [0.5, 0.6) is 0 Å². The highest BCUT2D eigenvalue weighted by atomic mass is 16.5. The molecular weight excluding hydrogens is 338 g/mol. The topological polar surface area (TPSA) is 46.5 Å². The van der Waals surface area contributed by atoms with Gasteiger partial charge in [-0.15, -0.1) is 0 Å². The maximum Gasteiger partial charge on any atom is 0.253 e. The van der Waals surface area contributed by atoms with E-state index in [1.807, 2.05) is 6.07 Å². The highest BCUT2D eigenvalue weighted by molar-refractivity contribution is 6.08. The number of hydrogen-bond acceptors (Lipinski definition) is 3. The van der Waals surface area contributed by atoms with Crippen molar-refractivity contribution in [3.63, 3.8) is 0 Å². The van der Waals surface area contributed by atoms with Gasteiger partial charge in [-0.1, -0.05) is 25.1 Å². The molecule has 5 heteroatoms. The Labute approximate surface area is 160 Å². The first-order valence-corrected chi connectivity index (χ1v) is 10.5. The maximum absolute atomic E-state index is 13.3. The Balaban J connectivity index is 1.38. The lowest BCUT2D eigenvalue weighted by molar-refractivity contribution is -0.0797. The molecule has 2 saturated heterocycles. The van der Waals surface area contributed by atoms with Gasteiger partial charge in [0.2, 0.25) is 0 Å². The van der Waals surface area contributed by atoms with Crippen molar-refractivity contribution in [1.29, 1.82) is 0 Å². The lowest BCUT2D eigenvalue weighted by Crippen LogP contribution is -2.60. The molecule has 0 aliphatic carbocycles. The number of carbonyl (C=O) groups is 1. The second-order valence-electron chi connectivity index (χ2n) is 8.32. The summed E-state index contributed by atoms with van der Waals surface area (Å²) >= 11 is 0. The minimum Gasteiger partial charge on any atom is -0.378 e. The van der Waals surface area contributed by atoms with E-state index < -0.39 is 0 Å². The van der Waals surface area contributed by atoms with Gasteiger partial charge in [-0.2, -0.15) is 0 Å². The number of para-hydroxylation sites is 1. The normalized spacial score (nSPS) is 27.7. The molecule has 0 radical (unpaired) electrons. The molecular formula is C22H29N3O2. The van der Waals surface area contributed by atoms with Crippen LogP contribution in [0.2, 0.25) is 0 Å². The van der Waals surface area contributed by atoms with Crippen LogP contribution in [0, 0.1) is 0 Å². The highest BCUT2D eigenvalue weighted by Crippen LogP contribution is 2.32. The van der Waals surface area contributed by atoms with Crippen LogP contribution in [0.4, 0.5) is 0 Å². The number of carbonyl (C=O) groups excluding carboxylic acids is 1. The molecule has 1 aromatic carbocycles. The van der Waals surface area contributed by atoms with Crippen LogP contribution in [-0.2, 0) is 17.7 Å². The average molecular weight is 367 g/mol. The van der Waals surface area contributed by atoms with Gasteiger partial charge in [0.1, 0.15) is 0 Å². The summed E-state index contributed by atoms with van der Waals surface area (Å²) in [5.41, 5.74) is 3.35. The maximum atomic E-state index is 13.3. The van der Waals surface area contributed by atoms with E-state index in [4.69, 9.17) is 4.74 Å². The van der Waals surface area contributed by atoms with Crippen molar-refractivity contribution in [3.8, 4) is 0 Å². The fraction of sp³-hybridized carbons (Fsp3) is 0.591. The van der Waals surface area contributed by atoms with Crippen LogP contribution in [0.15, 0.2) is 24.3 Å². The zero-order valence-corrected chi connectivity index (χ0v) is 16.1. The summed E-state index contributed by atoms with van der Waals surface area (Å²) in [5.74, 6) is 0.120. The van der Waals surface area contributed by atoms with Gasteiger partial charge in [0.15, 0.2) is 0 Å². The van der Waals surface area contributed by atoms with Gasteiger partial charge in [-0.25, -0.2) is 0 Å². The van der Waals surface area contributed by atoms with Gasteiger partial charge in [-0.3, -0.25) is 9.69 Å². The zero-order chi connectivity index (χ0) is 18.4. The quantitative estimate of drug-likeness (QED) is 0.904. The van der Waals surface area contributed by atoms with E-state index >= 15 is 0 Å². The van der Waals surface area contributed by atoms with Gasteiger partial charge in [0.05, 0.1) is 18.8 Å². The van der Waals surface area contributed by atoms with E-state index in [0.717, 1.165) is 62.9 Å². The van der Waals surface area contributed by atoms with Gasteiger partial charge in [0, 0.05) is 41.3 Å². The summed E-state index contributed by atoms with van der Waals surface area (Å²) in [7, 11) is 0. The molecule has 4 heterocycles. The van der Waals surface area contributed by atoms with Crippen LogP contribution in [0.25, 0.3) is 10.9 Å². The third-order valence-corrected chi connectivity index (χ3v) is 6.59. The lowest BCUT2D eigenvalue weighted by atomic mass is 9.89. The van der Waals surface area contributed by atoms with E-state index in [-0.39, 0.29) is 11.9 Å². The molecule has 3 aliphatic heterocycles. The van der Waals surface area contributed by atoms with Crippen LogP contribution < -0.4 is 5.32 Å². The molecule has 2 fully saturated rings.